The van der Waals surface area contributed by atoms with Crippen molar-refractivity contribution in [2.24, 2.45) is 5.41 Å². The molecule has 1 aliphatic carbocycles. The van der Waals surface area contributed by atoms with Gasteiger partial charge in [-0.25, -0.2) is 4.79 Å². The lowest BCUT2D eigenvalue weighted by molar-refractivity contribution is -0.118. The Labute approximate surface area is 236 Å². The zero-order valence-electron chi connectivity index (χ0n) is 22.0. The number of carbonyl (C=O) groups excluding carboxylic acids is 2. The smallest absolute Gasteiger partial charge is 0.343 e. The highest BCUT2D eigenvalue weighted by atomic mass is 79.9. The van der Waals surface area contributed by atoms with Gasteiger partial charge in [-0.15, -0.1) is 0 Å². The van der Waals surface area contributed by atoms with E-state index in [0.717, 1.165) is 49.8 Å². The maximum absolute atomic E-state index is 13.7. The number of nitrogens with one attached hydrogen (secondary N) is 1. The second kappa shape index (κ2) is 9.69. The SMILES string of the molecule is COc1cc(C2C3=C(CC(C)(C)CC3=O)Nc3ccc4ccccc4c32)ccc1OC(=O)c1ccc(Br)cc1. The third-order valence-corrected chi connectivity index (χ3v) is 8.09. The normalized spacial score (nSPS) is 17.7. The van der Waals surface area contributed by atoms with Crippen molar-refractivity contribution in [2.45, 2.75) is 32.6 Å². The van der Waals surface area contributed by atoms with Gasteiger partial charge in [-0.2, -0.15) is 0 Å². The molecule has 1 heterocycles. The topological polar surface area (TPSA) is 64.6 Å². The lowest BCUT2D eigenvalue weighted by atomic mass is 9.68. The van der Waals surface area contributed by atoms with Gasteiger partial charge in [0.15, 0.2) is 17.3 Å². The number of anilines is 1. The van der Waals surface area contributed by atoms with Crippen molar-refractivity contribution in [1.29, 1.82) is 0 Å². The summed E-state index contributed by atoms with van der Waals surface area (Å²) in [4.78, 5) is 26.5. The molecule has 4 aromatic rings. The molecule has 5 nitrogen and oxygen atoms in total. The third kappa shape index (κ3) is 4.63. The number of hydrogen-bond acceptors (Lipinski definition) is 5. The summed E-state index contributed by atoms with van der Waals surface area (Å²) < 4.78 is 12.3. The monoisotopic (exact) mass is 581 g/mol. The van der Waals surface area contributed by atoms with Crippen LogP contribution in [0.3, 0.4) is 0 Å². The van der Waals surface area contributed by atoms with Gasteiger partial charge in [0, 0.05) is 33.8 Å². The fraction of sp³-hybridized carbons (Fsp3) is 0.212. The van der Waals surface area contributed by atoms with Gasteiger partial charge in [0.05, 0.1) is 12.7 Å². The molecule has 0 radical (unpaired) electrons. The van der Waals surface area contributed by atoms with Gasteiger partial charge in [-0.3, -0.25) is 4.79 Å². The molecule has 196 valence electrons. The summed E-state index contributed by atoms with van der Waals surface area (Å²) in [7, 11) is 1.56. The fourth-order valence-corrected chi connectivity index (χ4v) is 6.09. The van der Waals surface area contributed by atoms with Crippen molar-refractivity contribution in [3.05, 3.63) is 111 Å². The Kier molecular flexibility index (Phi) is 6.31. The third-order valence-electron chi connectivity index (χ3n) is 7.56. The number of ether oxygens (including phenoxy) is 2. The lowest BCUT2D eigenvalue weighted by Gasteiger charge is -2.40. The van der Waals surface area contributed by atoms with Crippen molar-refractivity contribution < 1.29 is 19.1 Å². The second-order valence-electron chi connectivity index (χ2n) is 10.9. The van der Waals surface area contributed by atoms with Crippen molar-refractivity contribution in [2.75, 3.05) is 12.4 Å². The number of carbonyl (C=O) groups is 2. The van der Waals surface area contributed by atoms with Gasteiger partial charge in [0.2, 0.25) is 0 Å². The summed E-state index contributed by atoms with van der Waals surface area (Å²) in [6, 6.07) is 25.1. The fourth-order valence-electron chi connectivity index (χ4n) is 5.83. The first-order chi connectivity index (χ1) is 18.7. The minimum absolute atomic E-state index is 0.120. The first-order valence-corrected chi connectivity index (χ1v) is 13.7. The Morgan fingerprint density at radius 1 is 0.949 bits per heavy atom. The van der Waals surface area contributed by atoms with Crippen molar-refractivity contribution in [3.63, 3.8) is 0 Å². The van der Waals surface area contributed by atoms with E-state index in [4.69, 9.17) is 9.47 Å². The summed E-state index contributed by atoms with van der Waals surface area (Å²) in [5.74, 6) is 0.162. The van der Waals surface area contributed by atoms with Crippen LogP contribution in [0.15, 0.2) is 94.6 Å². The Morgan fingerprint density at radius 2 is 1.72 bits per heavy atom. The Bertz CT molecular complexity index is 1670. The van der Waals surface area contributed by atoms with Crippen molar-refractivity contribution >= 4 is 44.1 Å². The molecule has 0 saturated carbocycles. The number of esters is 1. The van der Waals surface area contributed by atoms with Crippen LogP contribution in [0.5, 0.6) is 11.5 Å². The molecule has 1 aliphatic heterocycles. The van der Waals surface area contributed by atoms with Crippen LogP contribution in [0.4, 0.5) is 5.69 Å². The molecule has 6 rings (SSSR count). The van der Waals surface area contributed by atoms with Gasteiger partial charge in [0.1, 0.15) is 0 Å². The molecule has 0 bridgehead atoms. The summed E-state index contributed by atoms with van der Waals surface area (Å²) in [6.07, 6.45) is 1.28. The number of Topliss-reactive ketones (excluding diaryl/α,β-unsaturated/α-hetero) is 1. The predicted molar refractivity (Wildman–Crippen MR) is 157 cm³/mol. The zero-order chi connectivity index (χ0) is 27.3. The predicted octanol–water partition coefficient (Wildman–Crippen LogP) is 8.03. The van der Waals surface area contributed by atoms with Crippen LogP contribution in [0.25, 0.3) is 10.8 Å². The van der Waals surface area contributed by atoms with E-state index in [1.165, 1.54) is 0 Å². The van der Waals surface area contributed by atoms with Crippen molar-refractivity contribution in [1.82, 2.24) is 0 Å². The van der Waals surface area contributed by atoms with E-state index < -0.39 is 5.97 Å². The van der Waals surface area contributed by atoms with Crippen LogP contribution in [-0.4, -0.2) is 18.9 Å². The molecule has 0 fully saturated rings. The highest BCUT2D eigenvalue weighted by molar-refractivity contribution is 9.10. The van der Waals surface area contributed by atoms with E-state index in [0.29, 0.717) is 23.5 Å². The van der Waals surface area contributed by atoms with Crippen LogP contribution in [-0.2, 0) is 4.79 Å². The van der Waals surface area contributed by atoms with Crippen LogP contribution < -0.4 is 14.8 Å². The maximum atomic E-state index is 13.7. The van der Waals surface area contributed by atoms with E-state index in [-0.39, 0.29) is 17.1 Å². The van der Waals surface area contributed by atoms with E-state index >= 15 is 0 Å². The molecule has 6 heteroatoms. The quantitative estimate of drug-likeness (QED) is 0.195. The Hall–Kier alpha value is -3.90. The first-order valence-electron chi connectivity index (χ1n) is 12.9. The molecule has 2 aliphatic rings. The summed E-state index contributed by atoms with van der Waals surface area (Å²) in [5.41, 5.74) is 5.09. The standard InChI is InChI=1S/C33H28BrNO4/c1-33(2)17-25-31(26(36)18-33)29(30-23-7-5-4-6-19(23)10-14-24(30)35-25)21-11-15-27(28(16-21)38-3)39-32(37)20-8-12-22(34)13-9-20/h4-16,29,35H,17-18H2,1-3H3. The average Bonchev–Trinajstić information content (AvgIpc) is 2.91. The summed E-state index contributed by atoms with van der Waals surface area (Å²) >= 11 is 3.39. The molecule has 1 N–H and O–H groups in total. The average molecular weight is 582 g/mol. The first kappa shape index (κ1) is 25.4. The summed E-state index contributed by atoms with van der Waals surface area (Å²) in [6.45, 7) is 4.28. The molecular weight excluding hydrogens is 554 g/mol. The molecule has 0 spiro atoms. The largest absolute Gasteiger partial charge is 0.493 e. The number of methoxy groups -OCH3 is 1. The van der Waals surface area contributed by atoms with Crippen LogP contribution in [0.2, 0.25) is 0 Å². The number of halogens is 1. The number of ketones is 1. The molecule has 4 aromatic carbocycles. The Morgan fingerprint density at radius 3 is 2.49 bits per heavy atom. The molecule has 0 amide bonds. The van der Waals surface area contributed by atoms with Gasteiger partial charge < -0.3 is 14.8 Å². The number of fused-ring (bicyclic) bond motifs is 3. The van der Waals surface area contributed by atoms with E-state index in [1.807, 2.05) is 24.3 Å². The van der Waals surface area contributed by atoms with Crippen LogP contribution >= 0.6 is 15.9 Å². The van der Waals surface area contributed by atoms with Crippen molar-refractivity contribution in [3.8, 4) is 11.5 Å². The number of allylic oxidation sites excluding steroid dienone is 2. The molecular formula is C33H28BrNO4. The van der Waals surface area contributed by atoms with E-state index in [9.17, 15) is 9.59 Å². The zero-order valence-corrected chi connectivity index (χ0v) is 23.6. The van der Waals surface area contributed by atoms with Gasteiger partial charge in [-0.05, 0) is 76.2 Å². The van der Waals surface area contributed by atoms with E-state index in [1.54, 1.807) is 37.4 Å². The van der Waals surface area contributed by atoms with Crippen LogP contribution in [0, 0.1) is 5.41 Å². The lowest BCUT2D eigenvalue weighted by Crippen LogP contribution is -2.33. The van der Waals surface area contributed by atoms with E-state index in [2.05, 4.69) is 59.4 Å². The number of hydrogen-bond donors (Lipinski definition) is 1. The maximum Gasteiger partial charge on any atom is 0.343 e. The minimum atomic E-state index is -0.471. The molecule has 1 unspecified atom stereocenters. The number of rotatable bonds is 4. The Balaban J connectivity index is 1.47. The molecule has 0 saturated heterocycles. The molecule has 39 heavy (non-hydrogen) atoms. The highest BCUT2D eigenvalue weighted by Crippen LogP contribution is 2.51. The van der Waals surface area contributed by atoms with Gasteiger partial charge >= 0.3 is 5.97 Å². The van der Waals surface area contributed by atoms with Gasteiger partial charge in [0.25, 0.3) is 0 Å². The van der Waals surface area contributed by atoms with Gasteiger partial charge in [-0.1, -0.05) is 66.2 Å². The highest BCUT2D eigenvalue weighted by Gasteiger charge is 2.41. The van der Waals surface area contributed by atoms with Crippen LogP contribution in [0.1, 0.15) is 54.1 Å². The summed E-state index contributed by atoms with van der Waals surface area (Å²) in [5, 5.41) is 5.83. The minimum Gasteiger partial charge on any atom is -0.493 e. The molecule has 1 atom stereocenters. The number of benzene rings is 4. The molecule has 0 aromatic heterocycles. The second-order valence-corrected chi connectivity index (χ2v) is 11.9.